The largest absolute Gasteiger partial charge is 0.497 e. The summed E-state index contributed by atoms with van der Waals surface area (Å²) in [6, 6.07) is 12.3. The monoisotopic (exact) mass is 483 g/mol. The number of allylic oxidation sites excluding steroid dienone is 2. The Kier molecular flexibility index (Phi) is 6.69. The van der Waals surface area contributed by atoms with Crippen LogP contribution in [-0.4, -0.2) is 44.7 Å². The molecule has 0 radical (unpaired) electrons. The van der Waals surface area contributed by atoms with Crippen LogP contribution in [0.2, 0.25) is 0 Å². The zero-order valence-corrected chi connectivity index (χ0v) is 19.4. The van der Waals surface area contributed by atoms with Crippen molar-refractivity contribution in [2.45, 2.75) is 24.2 Å². The van der Waals surface area contributed by atoms with E-state index in [4.69, 9.17) is 4.74 Å². The third kappa shape index (κ3) is 4.96. The SMILES string of the molecule is COc1ccc(NS(=O)(=O)c2cccc(NC(=O)CCN3C(=O)[C@@H]4CC=CC[C@H]4C3=O)c2)cc1. The smallest absolute Gasteiger partial charge is 0.261 e. The number of amides is 3. The molecule has 2 aliphatic rings. The molecule has 178 valence electrons. The quantitative estimate of drug-likeness (QED) is 0.440. The highest BCUT2D eigenvalue weighted by Gasteiger charge is 2.46. The first-order chi connectivity index (χ1) is 16.3. The number of ether oxygens (including phenoxy) is 1. The summed E-state index contributed by atoms with van der Waals surface area (Å²) in [5.41, 5.74) is 0.658. The normalized spacial score (nSPS) is 19.6. The van der Waals surface area contributed by atoms with Crippen molar-refractivity contribution < 1.29 is 27.5 Å². The Balaban J connectivity index is 1.36. The van der Waals surface area contributed by atoms with Crippen molar-refractivity contribution in [2.24, 2.45) is 11.8 Å². The molecular weight excluding hydrogens is 458 g/mol. The predicted octanol–water partition coefficient (Wildman–Crippen LogP) is 2.78. The van der Waals surface area contributed by atoms with Crippen molar-refractivity contribution in [1.29, 1.82) is 0 Å². The topological polar surface area (TPSA) is 122 Å². The van der Waals surface area contributed by atoms with Gasteiger partial charge in [-0.2, -0.15) is 0 Å². The van der Waals surface area contributed by atoms with E-state index in [9.17, 15) is 22.8 Å². The molecule has 1 aliphatic carbocycles. The number of methoxy groups -OCH3 is 1. The molecule has 34 heavy (non-hydrogen) atoms. The van der Waals surface area contributed by atoms with Crippen LogP contribution in [0.5, 0.6) is 5.75 Å². The van der Waals surface area contributed by atoms with Crippen molar-refractivity contribution in [1.82, 2.24) is 4.90 Å². The molecule has 0 saturated carbocycles. The van der Waals surface area contributed by atoms with E-state index in [1.165, 1.54) is 30.2 Å². The lowest BCUT2D eigenvalue weighted by Crippen LogP contribution is -2.34. The Labute approximate surface area is 197 Å². The minimum Gasteiger partial charge on any atom is -0.497 e. The fraction of sp³-hybridized carbons (Fsp3) is 0.292. The van der Waals surface area contributed by atoms with E-state index in [0.29, 0.717) is 30.0 Å². The van der Waals surface area contributed by atoms with Crippen LogP contribution in [-0.2, 0) is 24.4 Å². The Hall–Kier alpha value is -3.66. The standard InChI is InChI=1S/C24H25N3O6S/c1-33-18-11-9-16(10-12-18)26-34(31,32)19-6-4-5-17(15-19)25-22(28)13-14-27-23(29)20-7-2-3-8-21(20)24(27)30/h2-6,9-12,15,20-21,26H,7-8,13-14H2,1H3,(H,25,28)/t20-,21-/m1/s1. The molecule has 9 nitrogen and oxygen atoms in total. The second-order valence-corrected chi connectivity index (χ2v) is 9.83. The minimum atomic E-state index is -3.89. The lowest BCUT2D eigenvalue weighted by molar-refractivity contribution is -0.140. The molecule has 1 saturated heterocycles. The summed E-state index contributed by atoms with van der Waals surface area (Å²) in [7, 11) is -2.37. The first-order valence-electron chi connectivity index (χ1n) is 10.9. The highest BCUT2D eigenvalue weighted by Crippen LogP contribution is 2.35. The minimum absolute atomic E-state index is 0.00643. The van der Waals surface area contributed by atoms with Gasteiger partial charge in [0.15, 0.2) is 0 Å². The average Bonchev–Trinajstić information content (AvgIpc) is 3.08. The third-order valence-electron chi connectivity index (χ3n) is 5.93. The average molecular weight is 484 g/mol. The fourth-order valence-electron chi connectivity index (χ4n) is 4.14. The van der Waals surface area contributed by atoms with Crippen LogP contribution in [0.25, 0.3) is 0 Å². The second kappa shape index (κ2) is 9.68. The Morgan fingerprint density at radius 3 is 2.26 bits per heavy atom. The summed E-state index contributed by atoms with van der Waals surface area (Å²) in [6.45, 7) is -0.00643. The number of carbonyl (C=O) groups excluding carboxylic acids is 3. The number of rotatable bonds is 8. The van der Waals surface area contributed by atoms with Gasteiger partial charge in [-0.1, -0.05) is 18.2 Å². The summed E-state index contributed by atoms with van der Waals surface area (Å²) in [5, 5.41) is 2.64. The molecule has 2 N–H and O–H groups in total. The zero-order chi connectivity index (χ0) is 24.3. The van der Waals surface area contributed by atoms with Gasteiger partial charge in [-0.15, -0.1) is 0 Å². The number of sulfonamides is 1. The molecule has 10 heteroatoms. The van der Waals surface area contributed by atoms with Gasteiger partial charge in [0.2, 0.25) is 17.7 Å². The van der Waals surface area contributed by atoms with Crippen LogP contribution >= 0.6 is 0 Å². The predicted molar refractivity (Wildman–Crippen MR) is 126 cm³/mol. The first kappa shape index (κ1) is 23.5. The first-order valence-corrected chi connectivity index (χ1v) is 12.3. The van der Waals surface area contributed by atoms with E-state index in [1.807, 2.05) is 12.2 Å². The summed E-state index contributed by atoms with van der Waals surface area (Å²) >= 11 is 0. The van der Waals surface area contributed by atoms with Crippen LogP contribution in [0.3, 0.4) is 0 Å². The number of fused-ring (bicyclic) bond motifs is 1. The number of carbonyl (C=O) groups is 3. The van der Waals surface area contributed by atoms with E-state index in [0.717, 1.165) is 0 Å². The number of benzene rings is 2. The second-order valence-electron chi connectivity index (χ2n) is 8.14. The van der Waals surface area contributed by atoms with Gasteiger partial charge >= 0.3 is 0 Å². The van der Waals surface area contributed by atoms with Gasteiger partial charge in [-0.05, 0) is 55.3 Å². The van der Waals surface area contributed by atoms with Crippen LogP contribution in [0.1, 0.15) is 19.3 Å². The van der Waals surface area contributed by atoms with Crippen LogP contribution < -0.4 is 14.8 Å². The van der Waals surface area contributed by atoms with E-state index in [1.54, 1.807) is 30.3 Å². The van der Waals surface area contributed by atoms with Crippen LogP contribution in [0.15, 0.2) is 65.6 Å². The van der Waals surface area contributed by atoms with Crippen molar-refractivity contribution in [3.63, 3.8) is 0 Å². The highest BCUT2D eigenvalue weighted by molar-refractivity contribution is 7.92. The van der Waals surface area contributed by atoms with E-state index in [-0.39, 0.29) is 41.5 Å². The van der Waals surface area contributed by atoms with Crippen molar-refractivity contribution >= 4 is 39.1 Å². The lowest BCUT2D eigenvalue weighted by Gasteiger charge is -2.15. The van der Waals surface area contributed by atoms with Crippen molar-refractivity contribution in [3.8, 4) is 5.75 Å². The lowest BCUT2D eigenvalue weighted by atomic mass is 9.85. The van der Waals surface area contributed by atoms with Crippen molar-refractivity contribution in [2.75, 3.05) is 23.7 Å². The maximum Gasteiger partial charge on any atom is 0.261 e. The molecular formula is C24H25N3O6S. The molecule has 2 atom stereocenters. The summed E-state index contributed by atoms with van der Waals surface area (Å²) < 4.78 is 33.0. The number of anilines is 2. The number of likely N-dealkylation sites (tertiary alicyclic amines) is 1. The molecule has 1 fully saturated rings. The summed E-state index contributed by atoms with van der Waals surface area (Å²) in [5.74, 6) is -0.956. The Bertz CT molecular complexity index is 1210. The van der Waals surface area contributed by atoms with E-state index in [2.05, 4.69) is 10.0 Å². The van der Waals surface area contributed by atoms with Gasteiger partial charge in [0.05, 0.1) is 23.8 Å². The Morgan fingerprint density at radius 2 is 1.65 bits per heavy atom. The summed E-state index contributed by atoms with van der Waals surface area (Å²) in [6.07, 6.45) is 4.83. The van der Waals surface area contributed by atoms with Gasteiger partial charge in [0, 0.05) is 24.3 Å². The van der Waals surface area contributed by atoms with E-state index < -0.39 is 15.9 Å². The summed E-state index contributed by atoms with van der Waals surface area (Å²) in [4.78, 5) is 38.6. The fourth-order valence-corrected chi connectivity index (χ4v) is 5.24. The number of nitrogens with zero attached hydrogens (tertiary/aromatic N) is 1. The van der Waals surface area contributed by atoms with Crippen molar-refractivity contribution in [3.05, 3.63) is 60.7 Å². The molecule has 0 bridgehead atoms. The number of nitrogens with one attached hydrogen (secondary N) is 2. The molecule has 0 aromatic heterocycles. The highest BCUT2D eigenvalue weighted by atomic mass is 32.2. The number of imide groups is 1. The Morgan fingerprint density at radius 1 is 1.00 bits per heavy atom. The van der Waals surface area contributed by atoms with Gasteiger partial charge in [-0.25, -0.2) is 8.42 Å². The van der Waals surface area contributed by atoms with Gasteiger partial charge in [0.25, 0.3) is 10.0 Å². The van der Waals surface area contributed by atoms with Crippen LogP contribution in [0.4, 0.5) is 11.4 Å². The molecule has 1 aliphatic heterocycles. The maximum absolute atomic E-state index is 12.7. The van der Waals surface area contributed by atoms with E-state index >= 15 is 0 Å². The third-order valence-corrected chi connectivity index (χ3v) is 7.31. The van der Waals surface area contributed by atoms with Gasteiger partial charge in [0.1, 0.15) is 5.75 Å². The maximum atomic E-state index is 12.7. The zero-order valence-electron chi connectivity index (χ0n) is 18.6. The molecule has 4 rings (SSSR count). The molecule has 1 heterocycles. The molecule has 2 aromatic rings. The molecule has 0 spiro atoms. The van der Waals surface area contributed by atoms with Gasteiger partial charge < -0.3 is 10.1 Å². The van der Waals surface area contributed by atoms with Gasteiger partial charge in [-0.3, -0.25) is 24.0 Å². The molecule has 0 unspecified atom stereocenters. The number of hydrogen-bond acceptors (Lipinski definition) is 6. The van der Waals surface area contributed by atoms with Crippen LogP contribution in [0, 0.1) is 11.8 Å². The molecule has 2 aromatic carbocycles. The number of hydrogen-bond donors (Lipinski definition) is 2. The molecule has 3 amide bonds.